The van der Waals surface area contributed by atoms with Crippen LogP contribution in [-0.2, 0) is 36.8 Å². The Morgan fingerprint density at radius 3 is 2.23 bits per heavy atom. The SMILES string of the molecule is CC(C)OC(=O)N[C@H](C(=O)N1C[C@H]2[C@@H]([C@H]1C(=O)NC(CC1CC1)C(=O)C(=O)O)C2(C)C)C1Cc2ccccc2C1. The number of alkyl carbamates (subject to hydrolysis) is 1. The summed E-state index contributed by atoms with van der Waals surface area (Å²) in [7, 11) is 0. The molecule has 3 amide bonds. The molecule has 3 fully saturated rings. The third-order valence-corrected chi connectivity index (χ3v) is 9.31. The molecule has 3 N–H and O–H groups in total. The van der Waals surface area contributed by atoms with Gasteiger partial charge in [-0.15, -0.1) is 0 Å². The van der Waals surface area contributed by atoms with Crippen molar-refractivity contribution in [2.45, 2.75) is 84.0 Å². The highest BCUT2D eigenvalue weighted by molar-refractivity contribution is 6.35. The van der Waals surface area contributed by atoms with E-state index < -0.39 is 41.9 Å². The molecule has 1 aromatic rings. The van der Waals surface area contributed by atoms with Crippen LogP contribution in [0, 0.1) is 29.1 Å². The zero-order valence-corrected chi connectivity index (χ0v) is 23.5. The van der Waals surface area contributed by atoms with Crippen molar-refractivity contribution in [3.63, 3.8) is 0 Å². The van der Waals surface area contributed by atoms with Gasteiger partial charge in [0.25, 0.3) is 5.78 Å². The fourth-order valence-electron chi connectivity index (χ4n) is 6.90. The molecule has 216 valence electrons. The minimum absolute atomic E-state index is 0.0910. The Morgan fingerprint density at radius 2 is 1.68 bits per heavy atom. The summed E-state index contributed by atoms with van der Waals surface area (Å²) in [5.74, 6) is -3.52. The lowest BCUT2D eigenvalue weighted by Gasteiger charge is -2.35. The van der Waals surface area contributed by atoms with Crippen molar-refractivity contribution >= 4 is 29.7 Å². The molecule has 0 radical (unpaired) electrons. The first-order valence-corrected chi connectivity index (χ1v) is 14.3. The molecule has 4 aliphatic rings. The largest absolute Gasteiger partial charge is 0.475 e. The number of carboxylic acid groups (broad SMARTS) is 1. The second kappa shape index (κ2) is 10.5. The lowest BCUT2D eigenvalue weighted by Crippen LogP contribution is -2.59. The Hall–Kier alpha value is -3.43. The molecule has 1 heterocycles. The summed E-state index contributed by atoms with van der Waals surface area (Å²) < 4.78 is 5.32. The number of fused-ring (bicyclic) bond motifs is 2. The van der Waals surface area contributed by atoms with Crippen molar-refractivity contribution in [3.8, 4) is 0 Å². The van der Waals surface area contributed by atoms with E-state index in [1.165, 1.54) is 0 Å². The normalized spacial score (nSPS) is 25.9. The zero-order valence-electron chi connectivity index (χ0n) is 23.5. The van der Waals surface area contributed by atoms with Gasteiger partial charge in [-0.25, -0.2) is 9.59 Å². The molecule has 10 nitrogen and oxygen atoms in total. The lowest BCUT2D eigenvalue weighted by atomic mass is 9.93. The van der Waals surface area contributed by atoms with E-state index in [0.29, 0.717) is 19.4 Å². The van der Waals surface area contributed by atoms with Gasteiger partial charge in [-0.1, -0.05) is 51.0 Å². The number of carbonyl (C=O) groups excluding carboxylic acids is 4. The predicted molar refractivity (Wildman–Crippen MR) is 144 cm³/mol. The van der Waals surface area contributed by atoms with E-state index in [-0.39, 0.29) is 47.5 Å². The zero-order chi connectivity index (χ0) is 28.9. The molecule has 3 aliphatic carbocycles. The molecule has 5 atom stereocenters. The Morgan fingerprint density at radius 1 is 1.05 bits per heavy atom. The molecule has 1 saturated heterocycles. The first-order chi connectivity index (χ1) is 18.9. The summed E-state index contributed by atoms with van der Waals surface area (Å²) in [6.45, 7) is 7.92. The van der Waals surface area contributed by atoms with Crippen LogP contribution >= 0.6 is 0 Å². The number of ether oxygens (including phenoxy) is 1. The maximum atomic E-state index is 14.2. The van der Waals surface area contributed by atoms with Crippen molar-refractivity contribution in [2.75, 3.05) is 6.54 Å². The average molecular weight is 554 g/mol. The smallest absolute Gasteiger partial charge is 0.408 e. The van der Waals surface area contributed by atoms with Crippen LogP contribution in [-0.4, -0.2) is 70.4 Å². The molecular weight excluding hydrogens is 514 g/mol. The molecular formula is C30H39N3O7. The molecule has 1 unspecified atom stereocenters. The second-order valence-corrected chi connectivity index (χ2v) is 12.8. The first-order valence-electron chi connectivity index (χ1n) is 14.3. The standard InChI is InChI=1S/C30H39N3O7/c1-15(2)40-29(39)32-23(19-12-17-7-5-6-8-18(17)13-19)27(36)33-14-20-22(30(20,3)4)24(33)26(35)31-21(11-16-9-10-16)25(34)28(37)38/h5-8,15-16,19-24H,9-14H2,1-4H3,(H,31,35)(H,32,39)(H,37,38)/t20-,21?,22-,23-,24-/m0/s1. The fraction of sp³-hybridized carbons (Fsp3) is 0.633. The number of Topliss-reactive ketones (excluding diaryl/α,β-unsaturated/α-hetero) is 1. The van der Waals surface area contributed by atoms with Crippen LogP contribution in [0.15, 0.2) is 24.3 Å². The molecule has 0 aromatic heterocycles. The van der Waals surface area contributed by atoms with Crippen molar-refractivity contribution in [1.29, 1.82) is 0 Å². The predicted octanol–water partition coefficient (Wildman–Crippen LogP) is 2.33. The van der Waals surface area contributed by atoms with E-state index in [4.69, 9.17) is 4.74 Å². The van der Waals surface area contributed by atoms with Crippen LogP contribution < -0.4 is 10.6 Å². The summed E-state index contributed by atoms with van der Waals surface area (Å²) in [5.41, 5.74) is 2.07. The minimum Gasteiger partial charge on any atom is -0.475 e. The van der Waals surface area contributed by atoms with Gasteiger partial charge in [-0.3, -0.25) is 14.4 Å². The van der Waals surface area contributed by atoms with Crippen molar-refractivity contribution in [1.82, 2.24) is 15.5 Å². The van der Waals surface area contributed by atoms with Crippen LogP contribution in [0.1, 0.15) is 58.1 Å². The number of amides is 3. The molecule has 1 aliphatic heterocycles. The summed E-state index contributed by atoms with van der Waals surface area (Å²) >= 11 is 0. The Labute approximate surface area is 234 Å². The third kappa shape index (κ3) is 5.45. The highest BCUT2D eigenvalue weighted by Crippen LogP contribution is 2.65. The molecule has 40 heavy (non-hydrogen) atoms. The second-order valence-electron chi connectivity index (χ2n) is 12.8. The fourth-order valence-corrected chi connectivity index (χ4v) is 6.90. The van der Waals surface area contributed by atoms with E-state index in [2.05, 4.69) is 24.5 Å². The lowest BCUT2D eigenvalue weighted by molar-refractivity contribution is -0.151. The molecule has 0 spiro atoms. The van der Waals surface area contributed by atoms with Gasteiger partial charge >= 0.3 is 12.1 Å². The summed E-state index contributed by atoms with van der Waals surface area (Å²) in [6.07, 6.45) is 2.23. The number of carbonyl (C=O) groups is 5. The number of piperidine rings is 1. The maximum Gasteiger partial charge on any atom is 0.408 e. The van der Waals surface area contributed by atoms with Gasteiger partial charge in [0.2, 0.25) is 11.8 Å². The van der Waals surface area contributed by atoms with Crippen LogP contribution in [0.4, 0.5) is 4.79 Å². The number of rotatable bonds is 10. The van der Waals surface area contributed by atoms with Gasteiger partial charge in [0.15, 0.2) is 0 Å². The van der Waals surface area contributed by atoms with Crippen LogP contribution in [0.3, 0.4) is 0 Å². The number of nitrogens with zero attached hydrogens (tertiary/aromatic N) is 1. The molecule has 2 saturated carbocycles. The van der Waals surface area contributed by atoms with Crippen molar-refractivity contribution in [3.05, 3.63) is 35.4 Å². The van der Waals surface area contributed by atoms with Gasteiger partial charge < -0.3 is 25.4 Å². The number of ketones is 1. The highest BCUT2D eigenvalue weighted by Gasteiger charge is 2.69. The monoisotopic (exact) mass is 553 g/mol. The average Bonchev–Trinajstić information content (AvgIpc) is 3.64. The number of nitrogens with one attached hydrogen (secondary N) is 2. The van der Waals surface area contributed by atoms with Gasteiger partial charge in [0.1, 0.15) is 12.1 Å². The number of benzene rings is 1. The van der Waals surface area contributed by atoms with Gasteiger partial charge in [-0.05, 0) is 73.3 Å². The molecule has 1 aromatic carbocycles. The van der Waals surface area contributed by atoms with E-state index >= 15 is 0 Å². The first kappa shape index (κ1) is 28.1. The number of hydrogen-bond acceptors (Lipinski definition) is 6. The van der Waals surface area contributed by atoms with Crippen LogP contribution in [0.2, 0.25) is 0 Å². The quantitative estimate of drug-likeness (QED) is 0.378. The van der Waals surface area contributed by atoms with Crippen molar-refractivity contribution in [2.24, 2.45) is 29.1 Å². The minimum atomic E-state index is -1.58. The van der Waals surface area contributed by atoms with E-state index in [0.717, 1.165) is 24.0 Å². The topological polar surface area (TPSA) is 142 Å². The summed E-state index contributed by atoms with van der Waals surface area (Å²) in [5, 5.41) is 14.9. The highest BCUT2D eigenvalue weighted by atomic mass is 16.6. The Kier molecular flexibility index (Phi) is 7.39. The third-order valence-electron chi connectivity index (χ3n) is 9.31. The molecule has 0 bridgehead atoms. The Balaban J connectivity index is 1.39. The molecule has 5 rings (SSSR count). The van der Waals surface area contributed by atoms with E-state index in [9.17, 15) is 29.1 Å². The maximum absolute atomic E-state index is 14.2. The summed E-state index contributed by atoms with van der Waals surface area (Å²) in [6, 6.07) is 5.05. The number of likely N-dealkylation sites (tertiary alicyclic amines) is 1. The van der Waals surface area contributed by atoms with Gasteiger partial charge in [0.05, 0.1) is 12.1 Å². The van der Waals surface area contributed by atoms with E-state index in [1.54, 1.807) is 18.7 Å². The van der Waals surface area contributed by atoms with Crippen LogP contribution in [0.5, 0.6) is 0 Å². The molecule has 10 heteroatoms. The number of hydrogen-bond donors (Lipinski definition) is 3. The van der Waals surface area contributed by atoms with Crippen molar-refractivity contribution < 1.29 is 33.8 Å². The van der Waals surface area contributed by atoms with Gasteiger partial charge in [0, 0.05) is 6.54 Å². The van der Waals surface area contributed by atoms with Gasteiger partial charge in [-0.2, -0.15) is 0 Å². The van der Waals surface area contributed by atoms with Crippen LogP contribution in [0.25, 0.3) is 0 Å². The number of aliphatic carboxylic acids is 1. The summed E-state index contributed by atoms with van der Waals surface area (Å²) in [4.78, 5) is 66.2. The Bertz CT molecular complexity index is 1200. The van der Waals surface area contributed by atoms with E-state index in [1.807, 2.05) is 24.3 Å². The number of carboxylic acids is 1.